The van der Waals surface area contributed by atoms with Gasteiger partial charge < -0.3 is 14.8 Å². The van der Waals surface area contributed by atoms with Gasteiger partial charge in [-0.05, 0) is 78.9 Å². The van der Waals surface area contributed by atoms with Crippen LogP contribution in [0.2, 0.25) is 6.32 Å². The number of aromatic hydroxyl groups is 1. The maximum absolute atomic E-state index is 13.8. The van der Waals surface area contributed by atoms with Gasteiger partial charge in [-0.1, -0.05) is 83.0 Å². The number of ketones is 2. The normalized spacial score (nSPS) is 24.2. The third kappa shape index (κ3) is 5.27. The van der Waals surface area contributed by atoms with Crippen molar-refractivity contribution in [2.24, 2.45) is 17.8 Å². The Hall–Kier alpha value is -3.26. The van der Waals surface area contributed by atoms with Crippen LogP contribution in [0.1, 0.15) is 64.4 Å². The summed E-state index contributed by atoms with van der Waals surface area (Å²) in [4.78, 5) is 27.4. The molecule has 4 atom stereocenters. The largest absolute Gasteiger partial charge is 0.507 e. The lowest BCUT2D eigenvalue weighted by molar-refractivity contribution is 0.0600. The highest BCUT2D eigenvalue weighted by Crippen LogP contribution is 2.51. The number of rotatable bonds is 6. The summed E-state index contributed by atoms with van der Waals surface area (Å²) in [5.41, 5.74) is 6.07. The maximum atomic E-state index is 13.8. The van der Waals surface area contributed by atoms with Crippen LogP contribution in [-0.2, 0) is 4.65 Å². The Morgan fingerprint density at radius 2 is 1.71 bits per heavy atom. The number of benzene rings is 3. The van der Waals surface area contributed by atoms with Crippen LogP contribution in [0.15, 0.2) is 88.4 Å². The molecule has 0 radical (unpaired) electrons. The molecular weight excluding hydrogens is 579 g/mol. The zero-order valence-electron chi connectivity index (χ0n) is 22.9. The molecule has 1 heterocycles. The van der Waals surface area contributed by atoms with Gasteiger partial charge in [0.15, 0.2) is 11.6 Å². The van der Waals surface area contributed by atoms with Crippen molar-refractivity contribution in [1.82, 2.24) is 0 Å². The average molecular weight is 611 g/mol. The van der Waals surface area contributed by atoms with Crippen LogP contribution in [-0.4, -0.2) is 34.9 Å². The Kier molecular flexibility index (Phi) is 7.86. The first-order valence-corrected chi connectivity index (χ1v) is 15.1. The number of hydrogen-bond donors (Lipinski definition) is 2. The number of Topliss-reactive ketones (excluding diaryl/α,β-unsaturated/α-hetero) is 2. The van der Waals surface area contributed by atoms with Gasteiger partial charge >= 0.3 is 7.12 Å². The van der Waals surface area contributed by atoms with E-state index in [1.807, 2.05) is 54.6 Å². The number of fused-ring (bicyclic) bond motifs is 4. The molecular formula is C34H32BBrO5. The van der Waals surface area contributed by atoms with E-state index in [2.05, 4.69) is 22.9 Å². The number of phenolic OH excluding ortho intramolecular Hbond substituents is 1. The molecule has 0 spiro atoms. The van der Waals surface area contributed by atoms with Crippen LogP contribution in [0.5, 0.6) is 5.75 Å². The molecule has 208 valence electrons. The molecule has 3 aromatic rings. The van der Waals surface area contributed by atoms with Crippen LogP contribution in [0.25, 0.3) is 11.6 Å². The fraction of sp³-hybridized carbons (Fsp3) is 0.294. The zero-order valence-corrected chi connectivity index (χ0v) is 24.5. The first kappa shape index (κ1) is 27.9. The fourth-order valence-electron chi connectivity index (χ4n) is 7.07. The summed E-state index contributed by atoms with van der Waals surface area (Å²) in [7, 11) is -1.01. The SMILES string of the molecule is CCC1=C2[C@@H](CC/C(=C/c3cc(Br)ccc3O)c3ccccc3)OB(O)C[C@@H]2[C@@H]2C(=O)c3ccccc3C(=O)[C@@H]2C1. The lowest BCUT2D eigenvalue weighted by Gasteiger charge is -2.47. The smallest absolute Gasteiger partial charge is 0.455 e. The molecule has 3 aliphatic rings. The highest BCUT2D eigenvalue weighted by molar-refractivity contribution is 9.10. The zero-order chi connectivity index (χ0) is 28.7. The molecule has 41 heavy (non-hydrogen) atoms. The monoisotopic (exact) mass is 610 g/mol. The maximum Gasteiger partial charge on any atom is 0.455 e. The van der Waals surface area contributed by atoms with Crippen molar-refractivity contribution < 1.29 is 24.4 Å². The van der Waals surface area contributed by atoms with Crippen molar-refractivity contribution in [2.75, 3.05) is 0 Å². The summed E-state index contributed by atoms with van der Waals surface area (Å²) in [5, 5.41) is 21.4. The second-order valence-corrected chi connectivity index (χ2v) is 12.1. The highest BCUT2D eigenvalue weighted by atomic mass is 79.9. The van der Waals surface area contributed by atoms with Gasteiger partial charge in [0.1, 0.15) is 5.75 Å². The van der Waals surface area contributed by atoms with E-state index in [-0.39, 0.29) is 29.3 Å². The van der Waals surface area contributed by atoms with E-state index in [9.17, 15) is 19.7 Å². The van der Waals surface area contributed by atoms with Crippen molar-refractivity contribution >= 4 is 46.3 Å². The van der Waals surface area contributed by atoms with E-state index in [1.54, 1.807) is 24.3 Å². The van der Waals surface area contributed by atoms with Crippen molar-refractivity contribution in [3.05, 3.63) is 111 Å². The van der Waals surface area contributed by atoms with E-state index in [0.717, 1.165) is 27.6 Å². The molecule has 0 unspecified atom stereocenters. The van der Waals surface area contributed by atoms with Crippen LogP contribution >= 0.6 is 15.9 Å². The lowest BCUT2D eigenvalue weighted by atomic mass is 9.54. The number of hydrogen-bond acceptors (Lipinski definition) is 5. The minimum Gasteiger partial charge on any atom is -0.507 e. The average Bonchev–Trinajstić information content (AvgIpc) is 2.99. The van der Waals surface area contributed by atoms with Crippen molar-refractivity contribution in [1.29, 1.82) is 0 Å². The number of carbonyl (C=O) groups excluding carboxylic acids is 2. The first-order valence-electron chi connectivity index (χ1n) is 14.3. The summed E-state index contributed by atoms with van der Waals surface area (Å²) < 4.78 is 7.07. The number of halogens is 1. The second kappa shape index (κ2) is 11.6. The van der Waals surface area contributed by atoms with Gasteiger partial charge in [-0.25, -0.2) is 0 Å². The molecule has 0 bridgehead atoms. The topological polar surface area (TPSA) is 83.8 Å². The highest BCUT2D eigenvalue weighted by Gasteiger charge is 2.53. The first-order chi connectivity index (χ1) is 19.9. The van der Waals surface area contributed by atoms with Crippen LogP contribution < -0.4 is 0 Å². The molecule has 2 N–H and O–H groups in total. The van der Waals surface area contributed by atoms with E-state index in [0.29, 0.717) is 42.3 Å². The molecule has 0 amide bonds. The van der Waals surface area contributed by atoms with E-state index < -0.39 is 19.0 Å². The Labute approximate surface area is 249 Å². The van der Waals surface area contributed by atoms with Crippen LogP contribution in [0, 0.1) is 17.8 Å². The minimum atomic E-state index is -1.01. The molecule has 0 saturated carbocycles. The second-order valence-electron chi connectivity index (χ2n) is 11.2. The molecule has 1 fully saturated rings. The fourth-order valence-corrected chi connectivity index (χ4v) is 7.45. The third-order valence-electron chi connectivity index (χ3n) is 8.93. The van der Waals surface area contributed by atoms with Crippen LogP contribution in [0.4, 0.5) is 0 Å². The summed E-state index contributed by atoms with van der Waals surface area (Å²) in [6.45, 7) is 2.09. The van der Waals surface area contributed by atoms with E-state index in [1.165, 1.54) is 5.57 Å². The van der Waals surface area contributed by atoms with Gasteiger partial charge in [-0.15, -0.1) is 0 Å². The van der Waals surface area contributed by atoms with Gasteiger partial charge in [0, 0.05) is 33.0 Å². The predicted octanol–water partition coefficient (Wildman–Crippen LogP) is 7.39. The van der Waals surface area contributed by atoms with Gasteiger partial charge in [0.05, 0.1) is 6.10 Å². The molecule has 1 saturated heterocycles. The Morgan fingerprint density at radius 3 is 2.44 bits per heavy atom. The Bertz CT molecular complexity index is 1560. The molecule has 1 aliphatic heterocycles. The lowest BCUT2D eigenvalue weighted by Crippen LogP contribution is -2.50. The minimum absolute atomic E-state index is 0.00528. The number of allylic oxidation sites excluding steroid dienone is 2. The molecule has 2 aliphatic carbocycles. The van der Waals surface area contributed by atoms with E-state index in [4.69, 9.17) is 4.65 Å². The van der Waals surface area contributed by atoms with Gasteiger partial charge in [0.25, 0.3) is 0 Å². The molecule has 3 aromatic carbocycles. The van der Waals surface area contributed by atoms with Gasteiger partial charge in [-0.2, -0.15) is 0 Å². The molecule has 5 nitrogen and oxygen atoms in total. The molecule has 0 aromatic heterocycles. The number of phenols is 1. The van der Waals surface area contributed by atoms with Crippen LogP contribution in [0.3, 0.4) is 0 Å². The summed E-state index contributed by atoms with van der Waals surface area (Å²) in [6, 6.07) is 22.5. The predicted molar refractivity (Wildman–Crippen MR) is 165 cm³/mol. The summed E-state index contributed by atoms with van der Waals surface area (Å²) in [5.74, 6) is -0.874. The van der Waals surface area contributed by atoms with Gasteiger partial charge in [-0.3, -0.25) is 9.59 Å². The molecule has 7 heteroatoms. The van der Waals surface area contributed by atoms with Crippen molar-refractivity contribution in [3.8, 4) is 5.75 Å². The quantitative estimate of drug-likeness (QED) is 0.173. The van der Waals surface area contributed by atoms with Crippen molar-refractivity contribution in [3.63, 3.8) is 0 Å². The Balaban J connectivity index is 1.35. The summed E-state index contributed by atoms with van der Waals surface area (Å²) in [6.07, 6.45) is 4.48. The number of carbonyl (C=O) groups is 2. The molecule has 6 rings (SSSR count). The van der Waals surface area contributed by atoms with E-state index >= 15 is 0 Å². The van der Waals surface area contributed by atoms with Crippen molar-refractivity contribution in [2.45, 2.75) is 45.0 Å². The Morgan fingerprint density at radius 1 is 1.00 bits per heavy atom. The third-order valence-corrected chi connectivity index (χ3v) is 9.42. The summed E-state index contributed by atoms with van der Waals surface area (Å²) >= 11 is 3.50. The van der Waals surface area contributed by atoms with Gasteiger partial charge in [0.2, 0.25) is 0 Å². The standard InChI is InChI=1S/C34H32BBrO5/c1-2-20-18-27-32(34(39)26-11-7-6-10-25(26)33(27)38)28-19-35(40)41-30(31(20)28)15-12-22(21-8-4-3-5-9-21)16-23-17-24(36)13-14-29(23)37/h3-11,13-14,16-17,27-28,30,32,37,40H,2,12,15,18-19H2,1H3/b22-16-/t27-,28+,30-,32-/m1/s1.